The number of halogens is 2. The lowest BCUT2D eigenvalue weighted by atomic mass is 9.76. The lowest BCUT2D eigenvalue weighted by Gasteiger charge is -2.42. The summed E-state index contributed by atoms with van der Waals surface area (Å²) in [6, 6.07) is 27.2. The highest BCUT2D eigenvalue weighted by Gasteiger charge is 2.38. The Kier molecular flexibility index (Phi) is 5.79. The molecule has 0 unspecified atom stereocenters. The Balaban J connectivity index is 1.71. The van der Waals surface area contributed by atoms with E-state index in [-0.39, 0.29) is 18.0 Å². The molecule has 27 heavy (non-hydrogen) atoms. The molecule has 0 aliphatic carbocycles. The summed E-state index contributed by atoms with van der Waals surface area (Å²) in [6.45, 7) is 0. The van der Waals surface area contributed by atoms with Crippen LogP contribution in [0.5, 0.6) is 0 Å². The Morgan fingerprint density at radius 1 is 0.704 bits per heavy atom. The summed E-state index contributed by atoms with van der Waals surface area (Å²) in [4.78, 5) is 0. The zero-order chi connectivity index (χ0) is 18.8. The number of aliphatic hydroxyl groups excluding tert-OH is 1. The maximum absolute atomic E-state index is 11.1. The number of benzene rings is 3. The van der Waals surface area contributed by atoms with Gasteiger partial charge in [-0.25, -0.2) is 0 Å². The van der Waals surface area contributed by atoms with Gasteiger partial charge in [-0.15, -0.1) is 0 Å². The number of nitrogens with one attached hydrogen (secondary N) is 1. The zero-order valence-corrected chi connectivity index (χ0v) is 17.9. The largest absolute Gasteiger partial charge is 0.392 e. The number of rotatable bonds is 3. The topological polar surface area (TPSA) is 32.3 Å². The van der Waals surface area contributed by atoms with Crippen LogP contribution >= 0.6 is 31.9 Å². The van der Waals surface area contributed by atoms with Crippen LogP contribution in [0.2, 0.25) is 0 Å². The van der Waals surface area contributed by atoms with Crippen molar-refractivity contribution in [2.75, 3.05) is 0 Å². The van der Waals surface area contributed by atoms with Gasteiger partial charge < -0.3 is 10.4 Å². The summed E-state index contributed by atoms with van der Waals surface area (Å²) in [7, 11) is 0. The van der Waals surface area contributed by atoms with Gasteiger partial charge in [0, 0.05) is 26.9 Å². The Morgan fingerprint density at radius 2 is 1.26 bits per heavy atom. The van der Waals surface area contributed by atoms with Gasteiger partial charge in [-0.05, 0) is 47.4 Å². The van der Waals surface area contributed by atoms with Gasteiger partial charge in [0.2, 0.25) is 0 Å². The molecule has 0 radical (unpaired) electrons. The average Bonchev–Trinajstić information content (AvgIpc) is 2.69. The van der Waals surface area contributed by atoms with Crippen molar-refractivity contribution < 1.29 is 5.11 Å². The normalized spacial score (nSPS) is 25.3. The van der Waals surface area contributed by atoms with Gasteiger partial charge in [-0.1, -0.05) is 86.5 Å². The molecule has 4 rings (SSSR count). The van der Waals surface area contributed by atoms with Crippen LogP contribution in [0.3, 0.4) is 0 Å². The minimum absolute atomic E-state index is 0.0130. The molecule has 0 spiro atoms. The smallest absolute Gasteiger partial charge is 0.0645 e. The first-order valence-electron chi connectivity index (χ1n) is 9.12. The molecule has 3 aromatic rings. The van der Waals surface area contributed by atoms with Crippen molar-refractivity contribution in [2.24, 2.45) is 0 Å². The van der Waals surface area contributed by atoms with E-state index in [2.05, 4.69) is 97.8 Å². The summed E-state index contributed by atoms with van der Waals surface area (Å²) in [5.74, 6) is 0.0130. The van der Waals surface area contributed by atoms with Crippen molar-refractivity contribution >= 4 is 31.9 Å². The molecule has 3 aromatic carbocycles. The maximum Gasteiger partial charge on any atom is 0.0645 e. The van der Waals surface area contributed by atoms with Crippen LogP contribution in [-0.2, 0) is 0 Å². The molecule has 0 aromatic heterocycles. The van der Waals surface area contributed by atoms with Crippen LogP contribution in [0.25, 0.3) is 0 Å². The van der Waals surface area contributed by atoms with Gasteiger partial charge >= 0.3 is 0 Å². The summed E-state index contributed by atoms with van der Waals surface area (Å²) in [5.41, 5.74) is 3.55. The third-order valence-corrected chi connectivity index (χ3v) is 6.37. The van der Waals surface area contributed by atoms with Crippen molar-refractivity contribution in [3.05, 3.63) is 104 Å². The number of hydrogen-bond acceptors (Lipinski definition) is 2. The average molecular weight is 487 g/mol. The van der Waals surface area contributed by atoms with Crippen LogP contribution in [-0.4, -0.2) is 11.2 Å². The fourth-order valence-corrected chi connectivity index (χ4v) is 4.52. The monoisotopic (exact) mass is 485 g/mol. The Bertz CT molecular complexity index is 881. The van der Waals surface area contributed by atoms with E-state index in [1.807, 2.05) is 18.2 Å². The van der Waals surface area contributed by atoms with Crippen LogP contribution in [0.1, 0.15) is 41.1 Å². The van der Waals surface area contributed by atoms with E-state index < -0.39 is 6.10 Å². The first-order chi connectivity index (χ1) is 13.1. The van der Waals surface area contributed by atoms with Crippen LogP contribution in [0.4, 0.5) is 0 Å². The second kappa shape index (κ2) is 8.27. The second-order valence-corrected chi connectivity index (χ2v) is 8.87. The molecule has 138 valence electrons. The predicted molar refractivity (Wildman–Crippen MR) is 117 cm³/mol. The summed E-state index contributed by atoms with van der Waals surface area (Å²) in [6.07, 6.45) is 0.268. The Labute approximate surface area is 176 Å². The molecule has 4 heteroatoms. The first-order valence-corrected chi connectivity index (χ1v) is 10.7. The molecule has 0 bridgehead atoms. The van der Waals surface area contributed by atoms with E-state index in [4.69, 9.17) is 0 Å². The Hall–Kier alpha value is -1.46. The van der Waals surface area contributed by atoms with E-state index >= 15 is 0 Å². The fraction of sp³-hybridized carbons (Fsp3) is 0.217. The van der Waals surface area contributed by atoms with E-state index in [0.29, 0.717) is 6.42 Å². The molecule has 4 atom stereocenters. The maximum atomic E-state index is 11.1. The summed E-state index contributed by atoms with van der Waals surface area (Å²) >= 11 is 7.03. The highest BCUT2D eigenvalue weighted by Crippen LogP contribution is 2.43. The standard InChI is InChI=1S/C23H21Br2NO/c24-18-10-6-15(7-11-18)20-14-21(27)22(16-4-2-1-3-5-16)23(26-20)17-8-12-19(25)13-9-17/h1-13,20-23,26-27H,14H2/t20-,21-,22+,23+/m1/s1. The van der Waals surface area contributed by atoms with Crippen molar-refractivity contribution in [3.63, 3.8) is 0 Å². The Morgan fingerprint density at radius 3 is 1.85 bits per heavy atom. The van der Waals surface area contributed by atoms with Crippen molar-refractivity contribution in [2.45, 2.75) is 30.5 Å². The van der Waals surface area contributed by atoms with Crippen molar-refractivity contribution in [3.8, 4) is 0 Å². The molecule has 1 heterocycles. The highest BCUT2D eigenvalue weighted by molar-refractivity contribution is 9.10. The third kappa shape index (κ3) is 4.19. The summed E-state index contributed by atoms with van der Waals surface area (Å²) < 4.78 is 2.12. The SMILES string of the molecule is O[C@@H]1C[C@H](c2ccc(Br)cc2)N[C@@H](c2ccc(Br)cc2)[C@H]1c1ccccc1. The van der Waals surface area contributed by atoms with Crippen molar-refractivity contribution in [1.29, 1.82) is 0 Å². The van der Waals surface area contributed by atoms with Crippen LogP contribution < -0.4 is 5.32 Å². The number of piperidine rings is 1. The molecule has 1 fully saturated rings. The predicted octanol–water partition coefficient (Wildman–Crippen LogP) is 6.13. The van der Waals surface area contributed by atoms with Gasteiger partial charge in [0.25, 0.3) is 0 Å². The fourth-order valence-electron chi connectivity index (χ4n) is 3.99. The number of aliphatic hydroxyl groups is 1. The molecule has 1 aliphatic heterocycles. The second-order valence-electron chi connectivity index (χ2n) is 7.04. The van der Waals surface area contributed by atoms with Gasteiger partial charge in [0.05, 0.1) is 6.10 Å². The van der Waals surface area contributed by atoms with Crippen molar-refractivity contribution in [1.82, 2.24) is 5.32 Å². The van der Waals surface area contributed by atoms with E-state index in [9.17, 15) is 5.11 Å². The van der Waals surface area contributed by atoms with Gasteiger partial charge in [0.1, 0.15) is 0 Å². The minimum atomic E-state index is -0.420. The molecular formula is C23H21Br2NO. The first kappa shape index (κ1) is 18.9. The third-order valence-electron chi connectivity index (χ3n) is 5.32. The van der Waals surface area contributed by atoms with E-state index in [1.54, 1.807) is 0 Å². The van der Waals surface area contributed by atoms with Gasteiger partial charge in [-0.3, -0.25) is 0 Å². The van der Waals surface area contributed by atoms with E-state index in [0.717, 1.165) is 8.95 Å². The van der Waals surface area contributed by atoms with Crippen LogP contribution in [0, 0.1) is 0 Å². The van der Waals surface area contributed by atoms with E-state index in [1.165, 1.54) is 16.7 Å². The summed E-state index contributed by atoms with van der Waals surface area (Å²) in [5, 5.41) is 14.9. The quantitative estimate of drug-likeness (QED) is 0.466. The molecule has 0 saturated carbocycles. The lowest BCUT2D eigenvalue weighted by Crippen LogP contribution is -2.43. The zero-order valence-electron chi connectivity index (χ0n) is 14.7. The van der Waals surface area contributed by atoms with Crippen LogP contribution in [0.15, 0.2) is 87.8 Å². The molecule has 2 nitrogen and oxygen atoms in total. The molecule has 0 amide bonds. The highest BCUT2D eigenvalue weighted by atomic mass is 79.9. The lowest BCUT2D eigenvalue weighted by molar-refractivity contribution is 0.0681. The molecule has 1 saturated heterocycles. The van der Waals surface area contributed by atoms with Gasteiger partial charge in [0.15, 0.2) is 0 Å². The minimum Gasteiger partial charge on any atom is -0.392 e. The molecule has 1 aliphatic rings. The molecule has 2 N–H and O–H groups in total. The number of hydrogen-bond donors (Lipinski definition) is 2. The molecular weight excluding hydrogens is 466 g/mol. The van der Waals surface area contributed by atoms with Gasteiger partial charge in [-0.2, -0.15) is 0 Å².